The standard InChI is InChI=1S/C24H22FN3O3S/c1-16-20-12-21(32-23(20)28(26-16)14-17-6-4-3-5-7-17)24(30)31-15-22(29)27(2)13-18-8-10-19(25)11-9-18/h3-12H,13-15H2,1-2H3. The van der Waals surface area contributed by atoms with E-state index in [-0.39, 0.29) is 18.3 Å². The molecule has 2 heterocycles. The third kappa shape index (κ3) is 4.86. The molecule has 0 saturated heterocycles. The number of fused-ring (bicyclic) bond motifs is 1. The second kappa shape index (κ2) is 9.32. The average molecular weight is 452 g/mol. The summed E-state index contributed by atoms with van der Waals surface area (Å²) in [5.41, 5.74) is 2.74. The Morgan fingerprint density at radius 2 is 1.81 bits per heavy atom. The number of aromatic nitrogens is 2. The number of carbonyl (C=O) groups is 2. The van der Waals surface area contributed by atoms with E-state index >= 15 is 0 Å². The Morgan fingerprint density at radius 1 is 1.09 bits per heavy atom. The molecule has 0 saturated carbocycles. The first-order chi connectivity index (χ1) is 15.4. The monoisotopic (exact) mass is 451 g/mol. The number of aryl methyl sites for hydroxylation is 1. The third-order valence-electron chi connectivity index (χ3n) is 5.07. The van der Waals surface area contributed by atoms with Crippen molar-refractivity contribution in [2.45, 2.75) is 20.0 Å². The van der Waals surface area contributed by atoms with E-state index in [0.717, 1.165) is 27.0 Å². The van der Waals surface area contributed by atoms with Gasteiger partial charge in [0.05, 0.1) is 12.2 Å². The topological polar surface area (TPSA) is 64.4 Å². The highest BCUT2D eigenvalue weighted by Crippen LogP contribution is 2.29. The molecule has 4 aromatic rings. The van der Waals surface area contributed by atoms with Crippen molar-refractivity contribution >= 4 is 33.4 Å². The number of likely N-dealkylation sites (N-methyl/N-ethyl adjacent to an activating group) is 1. The number of carbonyl (C=O) groups excluding carboxylic acids is 2. The summed E-state index contributed by atoms with van der Waals surface area (Å²) in [7, 11) is 1.61. The number of benzene rings is 2. The van der Waals surface area contributed by atoms with Crippen molar-refractivity contribution in [3.8, 4) is 0 Å². The molecule has 164 valence electrons. The smallest absolute Gasteiger partial charge is 0.348 e. The maximum atomic E-state index is 13.0. The lowest BCUT2D eigenvalue weighted by Gasteiger charge is -2.17. The second-order valence-electron chi connectivity index (χ2n) is 7.51. The molecule has 8 heteroatoms. The number of esters is 1. The van der Waals surface area contributed by atoms with Crippen molar-refractivity contribution in [3.63, 3.8) is 0 Å². The van der Waals surface area contributed by atoms with Gasteiger partial charge in [0.15, 0.2) is 6.61 Å². The first-order valence-electron chi connectivity index (χ1n) is 10.1. The highest BCUT2D eigenvalue weighted by Gasteiger charge is 2.19. The summed E-state index contributed by atoms with van der Waals surface area (Å²) in [4.78, 5) is 27.7. The molecule has 0 N–H and O–H groups in total. The normalized spacial score (nSPS) is 11.0. The molecule has 2 aromatic heterocycles. The predicted octanol–water partition coefficient (Wildman–Crippen LogP) is 4.41. The lowest BCUT2D eigenvalue weighted by atomic mass is 10.2. The molecule has 0 aliphatic carbocycles. The zero-order valence-corrected chi connectivity index (χ0v) is 18.6. The average Bonchev–Trinajstić information content (AvgIpc) is 3.35. The van der Waals surface area contributed by atoms with E-state index in [2.05, 4.69) is 5.10 Å². The maximum absolute atomic E-state index is 13.0. The molecule has 0 spiro atoms. The van der Waals surface area contributed by atoms with E-state index in [1.807, 2.05) is 41.9 Å². The molecule has 2 aromatic carbocycles. The molecule has 0 unspecified atom stereocenters. The van der Waals surface area contributed by atoms with Gasteiger partial charge in [0.25, 0.3) is 5.91 Å². The summed E-state index contributed by atoms with van der Waals surface area (Å²) in [6.07, 6.45) is 0. The van der Waals surface area contributed by atoms with Gasteiger partial charge in [-0.05, 0) is 36.2 Å². The minimum atomic E-state index is -0.541. The molecule has 0 fully saturated rings. The molecule has 6 nitrogen and oxygen atoms in total. The van der Waals surface area contributed by atoms with Gasteiger partial charge in [-0.3, -0.25) is 9.48 Å². The van der Waals surface area contributed by atoms with Crippen LogP contribution in [0.2, 0.25) is 0 Å². The van der Waals surface area contributed by atoms with Gasteiger partial charge in [0.2, 0.25) is 0 Å². The quantitative estimate of drug-likeness (QED) is 0.391. The van der Waals surface area contributed by atoms with Gasteiger partial charge in [0.1, 0.15) is 15.5 Å². The summed E-state index contributed by atoms with van der Waals surface area (Å²) >= 11 is 1.30. The van der Waals surface area contributed by atoms with Crippen molar-refractivity contribution in [2.75, 3.05) is 13.7 Å². The number of thiophene rings is 1. The van der Waals surface area contributed by atoms with Crippen LogP contribution < -0.4 is 0 Å². The van der Waals surface area contributed by atoms with E-state index in [1.165, 1.54) is 28.4 Å². The van der Waals surface area contributed by atoms with Crippen LogP contribution in [0.25, 0.3) is 10.2 Å². The lowest BCUT2D eigenvalue weighted by Crippen LogP contribution is -2.30. The fourth-order valence-electron chi connectivity index (χ4n) is 3.34. The molecular weight excluding hydrogens is 429 g/mol. The zero-order chi connectivity index (χ0) is 22.7. The number of nitrogens with zero attached hydrogens (tertiary/aromatic N) is 3. The van der Waals surface area contributed by atoms with Gasteiger partial charge < -0.3 is 9.64 Å². The number of hydrogen-bond acceptors (Lipinski definition) is 5. The highest BCUT2D eigenvalue weighted by molar-refractivity contribution is 7.20. The number of rotatable bonds is 7. The van der Waals surface area contributed by atoms with E-state index in [4.69, 9.17) is 4.74 Å². The van der Waals surface area contributed by atoms with E-state index in [9.17, 15) is 14.0 Å². The molecule has 4 rings (SSSR count). The molecule has 0 aliphatic heterocycles. The Balaban J connectivity index is 1.39. The molecule has 1 amide bonds. The van der Waals surface area contributed by atoms with Crippen molar-refractivity contribution < 1.29 is 18.7 Å². The maximum Gasteiger partial charge on any atom is 0.348 e. The Bertz CT molecular complexity index is 1250. The molecule has 0 radical (unpaired) electrons. The van der Waals surface area contributed by atoms with Gasteiger partial charge in [-0.15, -0.1) is 11.3 Å². The molecule has 0 aliphatic rings. The van der Waals surface area contributed by atoms with Crippen LogP contribution >= 0.6 is 11.3 Å². The van der Waals surface area contributed by atoms with Crippen molar-refractivity contribution in [3.05, 3.63) is 88.2 Å². The van der Waals surface area contributed by atoms with E-state index in [1.54, 1.807) is 25.2 Å². The Hall–Kier alpha value is -3.52. The summed E-state index contributed by atoms with van der Waals surface area (Å²) in [6.45, 7) is 2.44. The first kappa shape index (κ1) is 21.7. The van der Waals surface area contributed by atoms with Crippen molar-refractivity contribution in [1.29, 1.82) is 0 Å². The minimum absolute atomic E-state index is 0.300. The van der Waals surface area contributed by atoms with Crippen LogP contribution in [0.3, 0.4) is 0 Å². The van der Waals surface area contributed by atoms with Crippen LogP contribution in [-0.2, 0) is 22.6 Å². The number of amides is 1. The van der Waals surface area contributed by atoms with Gasteiger partial charge in [-0.25, -0.2) is 9.18 Å². The van der Waals surface area contributed by atoms with Gasteiger partial charge in [0, 0.05) is 19.0 Å². The van der Waals surface area contributed by atoms with Gasteiger partial charge in [-0.1, -0.05) is 42.5 Å². The first-order valence-corrected chi connectivity index (χ1v) is 10.9. The predicted molar refractivity (Wildman–Crippen MR) is 121 cm³/mol. The van der Waals surface area contributed by atoms with Gasteiger partial charge in [-0.2, -0.15) is 5.10 Å². The van der Waals surface area contributed by atoms with Crippen LogP contribution in [0.4, 0.5) is 4.39 Å². The SMILES string of the molecule is Cc1nn(Cc2ccccc2)c2sc(C(=O)OCC(=O)N(C)Cc3ccc(F)cc3)cc12. The molecule has 0 bridgehead atoms. The van der Waals surface area contributed by atoms with E-state index < -0.39 is 5.97 Å². The van der Waals surface area contributed by atoms with Crippen molar-refractivity contribution in [1.82, 2.24) is 14.7 Å². The molecule has 0 atom stereocenters. The fourth-order valence-corrected chi connectivity index (χ4v) is 4.39. The summed E-state index contributed by atoms with van der Waals surface area (Å²) in [5.74, 6) is -1.21. The lowest BCUT2D eigenvalue weighted by molar-refractivity contribution is -0.133. The summed E-state index contributed by atoms with van der Waals surface area (Å²) in [6, 6.07) is 17.6. The van der Waals surface area contributed by atoms with Crippen LogP contribution in [0, 0.1) is 12.7 Å². The summed E-state index contributed by atoms with van der Waals surface area (Å²) in [5, 5.41) is 5.48. The van der Waals surface area contributed by atoms with E-state index in [0.29, 0.717) is 18.0 Å². The van der Waals surface area contributed by atoms with Gasteiger partial charge >= 0.3 is 5.97 Å². The van der Waals surface area contributed by atoms with Crippen molar-refractivity contribution in [2.24, 2.45) is 0 Å². The summed E-state index contributed by atoms with van der Waals surface area (Å²) < 4.78 is 20.2. The largest absolute Gasteiger partial charge is 0.451 e. The van der Waals surface area contributed by atoms with Crippen LogP contribution in [0.5, 0.6) is 0 Å². The Labute approximate surface area is 188 Å². The zero-order valence-electron chi connectivity index (χ0n) is 17.7. The third-order valence-corrected chi connectivity index (χ3v) is 6.20. The van der Waals surface area contributed by atoms with Crippen LogP contribution in [0.15, 0.2) is 60.7 Å². The minimum Gasteiger partial charge on any atom is -0.451 e. The Kier molecular flexibility index (Phi) is 6.32. The fraction of sp³-hybridized carbons (Fsp3) is 0.208. The number of ether oxygens (including phenoxy) is 1. The van der Waals surface area contributed by atoms with Crippen LogP contribution in [-0.4, -0.2) is 40.2 Å². The Morgan fingerprint density at radius 3 is 2.53 bits per heavy atom. The number of hydrogen-bond donors (Lipinski definition) is 0. The highest BCUT2D eigenvalue weighted by atomic mass is 32.1. The van der Waals surface area contributed by atoms with Crippen LogP contribution in [0.1, 0.15) is 26.5 Å². The second-order valence-corrected chi connectivity index (χ2v) is 8.54. The number of halogens is 1. The molecular formula is C24H22FN3O3S. The molecule has 32 heavy (non-hydrogen) atoms.